The van der Waals surface area contributed by atoms with Crippen molar-refractivity contribution in [1.29, 1.82) is 0 Å². The molecule has 4 nitrogen and oxygen atoms in total. The van der Waals surface area contributed by atoms with Crippen LogP contribution in [0.3, 0.4) is 0 Å². The lowest BCUT2D eigenvalue weighted by atomic mass is 9.80. The van der Waals surface area contributed by atoms with E-state index < -0.39 is 11.4 Å². The first-order chi connectivity index (χ1) is 9.83. The van der Waals surface area contributed by atoms with Crippen LogP contribution in [-0.4, -0.2) is 35.0 Å². The van der Waals surface area contributed by atoms with Gasteiger partial charge in [0.15, 0.2) is 0 Å². The van der Waals surface area contributed by atoms with E-state index in [1.54, 1.807) is 11.8 Å². The predicted molar refractivity (Wildman–Crippen MR) is 81.4 cm³/mol. The number of carbonyl (C=O) groups excluding carboxylic acids is 1. The van der Waals surface area contributed by atoms with Crippen LogP contribution in [0.2, 0.25) is 0 Å². The number of amides is 1. The monoisotopic (exact) mass is 289 g/mol. The molecule has 1 amide bonds. The van der Waals surface area contributed by atoms with Gasteiger partial charge in [-0.25, -0.2) is 0 Å². The highest BCUT2D eigenvalue weighted by Gasteiger charge is 2.38. The fourth-order valence-corrected chi connectivity index (χ4v) is 2.61. The zero-order chi connectivity index (χ0) is 15.6. The lowest BCUT2D eigenvalue weighted by Gasteiger charge is -2.36. The highest BCUT2D eigenvalue weighted by atomic mass is 16.4. The number of nitrogens with zero attached hydrogens (tertiary/aromatic N) is 1. The molecule has 0 aliphatic carbocycles. The average Bonchev–Trinajstić information content (AvgIpc) is 2.47. The number of rotatable bonds is 3. The van der Waals surface area contributed by atoms with Crippen molar-refractivity contribution in [2.45, 2.75) is 39.5 Å². The molecular weight excluding hydrogens is 266 g/mol. The fourth-order valence-electron chi connectivity index (χ4n) is 2.61. The third-order valence-corrected chi connectivity index (χ3v) is 4.49. The molecule has 0 unspecified atom stereocenters. The second-order valence-corrected chi connectivity index (χ2v) is 6.43. The molecule has 1 saturated heterocycles. The maximum absolute atomic E-state index is 12.4. The summed E-state index contributed by atoms with van der Waals surface area (Å²) >= 11 is 0. The molecule has 0 radical (unpaired) electrons. The normalized spacial score (nSPS) is 17.8. The van der Waals surface area contributed by atoms with E-state index in [0.717, 1.165) is 0 Å². The maximum Gasteiger partial charge on any atom is 0.309 e. The Morgan fingerprint density at radius 3 is 2.10 bits per heavy atom. The highest BCUT2D eigenvalue weighted by molar-refractivity contribution is 5.94. The van der Waals surface area contributed by atoms with Crippen molar-refractivity contribution in [1.82, 2.24) is 4.90 Å². The van der Waals surface area contributed by atoms with Crippen molar-refractivity contribution in [3.8, 4) is 0 Å². The molecule has 0 saturated carbocycles. The van der Waals surface area contributed by atoms with Gasteiger partial charge in [0.25, 0.3) is 5.91 Å². The van der Waals surface area contributed by atoms with Gasteiger partial charge in [0, 0.05) is 18.7 Å². The van der Waals surface area contributed by atoms with E-state index in [1.807, 2.05) is 24.3 Å². The van der Waals surface area contributed by atoms with Gasteiger partial charge in [-0.15, -0.1) is 0 Å². The molecule has 4 heteroatoms. The van der Waals surface area contributed by atoms with E-state index in [0.29, 0.717) is 37.4 Å². The van der Waals surface area contributed by atoms with Crippen LogP contribution in [-0.2, 0) is 4.79 Å². The molecule has 0 atom stereocenters. The molecule has 1 fully saturated rings. The SMILES string of the molecule is CC(C)c1ccc(C(=O)N2CCC(C)(C(=O)O)CC2)cc1. The van der Waals surface area contributed by atoms with Crippen molar-refractivity contribution < 1.29 is 14.7 Å². The van der Waals surface area contributed by atoms with E-state index in [9.17, 15) is 14.7 Å². The number of benzene rings is 1. The van der Waals surface area contributed by atoms with Crippen LogP contribution < -0.4 is 0 Å². The average molecular weight is 289 g/mol. The smallest absolute Gasteiger partial charge is 0.309 e. The highest BCUT2D eigenvalue weighted by Crippen LogP contribution is 2.31. The van der Waals surface area contributed by atoms with Gasteiger partial charge in [-0.2, -0.15) is 0 Å². The lowest BCUT2D eigenvalue weighted by molar-refractivity contribution is -0.150. The number of carboxylic acid groups (broad SMARTS) is 1. The predicted octanol–water partition coefficient (Wildman–Crippen LogP) is 3.14. The molecule has 1 aliphatic heterocycles. The van der Waals surface area contributed by atoms with Crippen LogP contribution >= 0.6 is 0 Å². The molecule has 0 bridgehead atoms. The minimum Gasteiger partial charge on any atom is -0.481 e. The quantitative estimate of drug-likeness (QED) is 0.930. The molecule has 1 N–H and O–H groups in total. The number of likely N-dealkylation sites (tertiary alicyclic amines) is 1. The maximum atomic E-state index is 12.4. The molecule has 2 rings (SSSR count). The number of hydrogen-bond acceptors (Lipinski definition) is 2. The van der Waals surface area contributed by atoms with Crippen molar-refractivity contribution in [3.05, 3.63) is 35.4 Å². The van der Waals surface area contributed by atoms with Crippen molar-refractivity contribution in [3.63, 3.8) is 0 Å². The molecule has 1 aromatic carbocycles. The molecule has 1 aromatic rings. The van der Waals surface area contributed by atoms with Crippen molar-refractivity contribution >= 4 is 11.9 Å². The molecular formula is C17H23NO3. The molecule has 0 aromatic heterocycles. The minimum absolute atomic E-state index is 0.00209. The van der Waals surface area contributed by atoms with Crippen LogP contribution in [0.5, 0.6) is 0 Å². The van der Waals surface area contributed by atoms with Crippen LogP contribution in [0.1, 0.15) is 55.5 Å². The second kappa shape index (κ2) is 5.88. The Morgan fingerprint density at radius 2 is 1.67 bits per heavy atom. The Kier molecular flexibility index (Phi) is 4.35. The van der Waals surface area contributed by atoms with E-state index in [2.05, 4.69) is 13.8 Å². The summed E-state index contributed by atoms with van der Waals surface area (Å²) < 4.78 is 0. The van der Waals surface area contributed by atoms with Gasteiger partial charge in [-0.05, 0) is 43.4 Å². The van der Waals surface area contributed by atoms with Gasteiger partial charge in [0.1, 0.15) is 0 Å². The second-order valence-electron chi connectivity index (χ2n) is 6.43. The van der Waals surface area contributed by atoms with Crippen LogP contribution in [0, 0.1) is 5.41 Å². The Balaban J connectivity index is 2.03. The topological polar surface area (TPSA) is 57.6 Å². The molecule has 114 valence electrons. The van der Waals surface area contributed by atoms with Gasteiger partial charge in [0.05, 0.1) is 5.41 Å². The first kappa shape index (κ1) is 15.5. The first-order valence-corrected chi connectivity index (χ1v) is 7.46. The van der Waals surface area contributed by atoms with Crippen LogP contribution in [0.4, 0.5) is 0 Å². The summed E-state index contributed by atoms with van der Waals surface area (Å²) in [6.07, 6.45) is 1.02. The third kappa shape index (κ3) is 3.26. The fraction of sp³-hybridized carbons (Fsp3) is 0.529. The van der Waals surface area contributed by atoms with Gasteiger partial charge in [0.2, 0.25) is 0 Å². The zero-order valence-corrected chi connectivity index (χ0v) is 12.9. The summed E-state index contributed by atoms with van der Waals surface area (Å²) in [4.78, 5) is 25.4. The van der Waals surface area contributed by atoms with E-state index in [1.165, 1.54) is 5.56 Å². The summed E-state index contributed by atoms with van der Waals surface area (Å²) in [5.74, 6) is -0.325. The van der Waals surface area contributed by atoms with E-state index in [4.69, 9.17) is 0 Å². The number of hydrogen-bond donors (Lipinski definition) is 1. The van der Waals surface area contributed by atoms with Gasteiger partial charge in [-0.3, -0.25) is 9.59 Å². The Bertz CT molecular complexity index is 525. The van der Waals surface area contributed by atoms with Crippen LogP contribution in [0.25, 0.3) is 0 Å². The van der Waals surface area contributed by atoms with Crippen LogP contribution in [0.15, 0.2) is 24.3 Å². The summed E-state index contributed by atoms with van der Waals surface area (Å²) in [5.41, 5.74) is 1.19. The minimum atomic E-state index is -0.768. The summed E-state index contributed by atoms with van der Waals surface area (Å²) in [6.45, 7) is 7.01. The standard InChI is InChI=1S/C17H23NO3/c1-12(2)13-4-6-14(7-5-13)15(19)18-10-8-17(3,9-11-18)16(20)21/h4-7,12H,8-11H2,1-3H3,(H,20,21). The molecule has 1 aliphatic rings. The third-order valence-electron chi connectivity index (χ3n) is 4.49. The largest absolute Gasteiger partial charge is 0.481 e. The molecule has 1 heterocycles. The summed E-state index contributed by atoms with van der Waals surface area (Å²) in [7, 11) is 0. The van der Waals surface area contributed by atoms with E-state index >= 15 is 0 Å². The Hall–Kier alpha value is -1.84. The lowest BCUT2D eigenvalue weighted by Crippen LogP contribution is -2.45. The summed E-state index contributed by atoms with van der Waals surface area (Å²) in [5, 5.41) is 9.22. The van der Waals surface area contributed by atoms with Gasteiger partial charge >= 0.3 is 5.97 Å². The van der Waals surface area contributed by atoms with Gasteiger partial charge < -0.3 is 10.0 Å². The van der Waals surface area contributed by atoms with E-state index in [-0.39, 0.29) is 5.91 Å². The van der Waals surface area contributed by atoms with Gasteiger partial charge in [-0.1, -0.05) is 26.0 Å². The number of carbonyl (C=O) groups is 2. The zero-order valence-electron chi connectivity index (χ0n) is 12.9. The molecule has 21 heavy (non-hydrogen) atoms. The van der Waals surface area contributed by atoms with Crippen molar-refractivity contribution in [2.75, 3.05) is 13.1 Å². The number of piperidine rings is 1. The Morgan fingerprint density at radius 1 is 1.14 bits per heavy atom. The number of aliphatic carboxylic acids is 1. The molecule has 0 spiro atoms. The first-order valence-electron chi connectivity index (χ1n) is 7.46. The van der Waals surface area contributed by atoms with Crippen molar-refractivity contribution in [2.24, 2.45) is 5.41 Å². The number of carboxylic acids is 1. The Labute approximate surface area is 125 Å². The summed E-state index contributed by atoms with van der Waals surface area (Å²) in [6, 6.07) is 7.71.